The molecule has 0 aromatic rings. The molecule has 1 saturated carbocycles. The fraction of sp³-hybridized carbons (Fsp3) is 0.929. The second kappa shape index (κ2) is 5.92. The molecule has 2 rings (SSSR count). The minimum atomic E-state index is -4.22. The molecule has 1 aliphatic heterocycles. The van der Waals surface area contributed by atoms with E-state index in [1.54, 1.807) is 0 Å². The van der Waals surface area contributed by atoms with E-state index in [4.69, 9.17) is 0 Å². The molecule has 3 unspecified atom stereocenters. The van der Waals surface area contributed by atoms with E-state index in [0.29, 0.717) is 32.2 Å². The van der Waals surface area contributed by atoms with Crippen LogP contribution in [0.3, 0.4) is 0 Å². The molecule has 2 fully saturated rings. The molecule has 1 saturated heterocycles. The maximum absolute atomic E-state index is 13.0. The van der Waals surface area contributed by atoms with Crippen LogP contribution < -0.4 is 10.6 Å². The van der Waals surface area contributed by atoms with Crippen LogP contribution in [-0.4, -0.2) is 31.2 Å². The van der Waals surface area contributed by atoms with Crippen molar-refractivity contribution in [3.63, 3.8) is 0 Å². The highest BCUT2D eigenvalue weighted by Crippen LogP contribution is 2.38. The number of carbonyl (C=O) groups excluding carboxylic acids is 1. The van der Waals surface area contributed by atoms with E-state index >= 15 is 0 Å². The molecule has 116 valence electrons. The van der Waals surface area contributed by atoms with Crippen LogP contribution in [0.25, 0.3) is 0 Å². The summed E-state index contributed by atoms with van der Waals surface area (Å²) in [6, 6.07) is -0.750. The van der Waals surface area contributed by atoms with Crippen molar-refractivity contribution in [2.24, 2.45) is 11.3 Å². The first-order valence-corrected chi connectivity index (χ1v) is 7.47. The predicted octanol–water partition coefficient (Wildman–Crippen LogP) is 2.61. The average Bonchev–Trinajstić information content (AvgIpc) is 2.88. The molecule has 0 bridgehead atoms. The van der Waals surface area contributed by atoms with E-state index < -0.39 is 23.6 Å². The Balaban J connectivity index is 2.05. The lowest BCUT2D eigenvalue weighted by molar-refractivity contribution is -0.189. The van der Waals surface area contributed by atoms with Crippen LogP contribution in [0.4, 0.5) is 13.2 Å². The van der Waals surface area contributed by atoms with E-state index in [0.717, 1.165) is 13.0 Å². The summed E-state index contributed by atoms with van der Waals surface area (Å²) in [7, 11) is 0. The number of hydrogen-bond acceptors (Lipinski definition) is 2. The van der Waals surface area contributed by atoms with Crippen LogP contribution >= 0.6 is 0 Å². The lowest BCUT2D eigenvalue weighted by atomic mass is 9.80. The Kier molecular flexibility index (Phi) is 4.62. The third-order valence-corrected chi connectivity index (χ3v) is 4.91. The normalized spacial score (nSPS) is 35.0. The Bertz CT molecular complexity index is 351. The Morgan fingerprint density at radius 3 is 2.60 bits per heavy atom. The standard InChI is InChI=1S/C14H23F3N2O/c1-2-13(7-8-18-9-13)12(20)19-11-6-4-3-5-10(11)14(15,16)17/h10-11,18H,2-9H2,1H3,(H,19,20). The first-order chi connectivity index (χ1) is 9.39. The van der Waals surface area contributed by atoms with Gasteiger partial charge in [-0.2, -0.15) is 13.2 Å². The summed E-state index contributed by atoms with van der Waals surface area (Å²) in [5.74, 6) is -1.59. The molecule has 2 aliphatic rings. The summed E-state index contributed by atoms with van der Waals surface area (Å²) in [6.45, 7) is 3.25. The lowest BCUT2D eigenvalue weighted by Crippen LogP contribution is -2.52. The number of rotatable bonds is 3. The van der Waals surface area contributed by atoms with Crippen LogP contribution in [0.5, 0.6) is 0 Å². The van der Waals surface area contributed by atoms with Crippen molar-refractivity contribution in [1.82, 2.24) is 10.6 Å². The van der Waals surface area contributed by atoms with Crippen LogP contribution in [0, 0.1) is 11.3 Å². The Morgan fingerprint density at radius 1 is 1.35 bits per heavy atom. The number of carbonyl (C=O) groups is 1. The van der Waals surface area contributed by atoms with Crippen molar-refractivity contribution < 1.29 is 18.0 Å². The first-order valence-electron chi connectivity index (χ1n) is 7.47. The maximum atomic E-state index is 13.0. The third-order valence-electron chi connectivity index (χ3n) is 4.91. The average molecular weight is 292 g/mol. The molecule has 1 heterocycles. The highest BCUT2D eigenvalue weighted by molar-refractivity contribution is 5.83. The van der Waals surface area contributed by atoms with Crippen molar-refractivity contribution in [3.8, 4) is 0 Å². The molecule has 2 N–H and O–H groups in total. The second-order valence-electron chi connectivity index (χ2n) is 6.07. The second-order valence-corrected chi connectivity index (χ2v) is 6.07. The molecule has 20 heavy (non-hydrogen) atoms. The van der Waals surface area contributed by atoms with E-state index in [2.05, 4.69) is 10.6 Å². The van der Waals surface area contributed by atoms with Crippen molar-refractivity contribution in [1.29, 1.82) is 0 Å². The lowest BCUT2D eigenvalue weighted by Gasteiger charge is -2.36. The van der Waals surface area contributed by atoms with Crippen LogP contribution in [-0.2, 0) is 4.79 Å². The van der Waals surface area contributed by atoms with Crippen LogP contribution in [0.2, 0.25) is 0 Å². The topological polar surface area (TPSA) is 41.1 Å². The minimum absolute atomic E-state index is 0.131. The van der Waals surface area contributed by atoms with Crippen molar-refractivity contribution in [3.05, 3.63) is 0 Å². The minimum Gasteiger partial charge on any atom is -0.352 e. The Morgan fingerprint density at radius 2 is 2.05 bits per heavy atom. The van der Waals surface area contributed by atoms with Gasteiger partial charge in [0.25, 0.3) is 0 Å². The van der Waals surface area contributed by atoms with E-state index in [9.17, 15) is 18.0 Å². The van der Waals surface area contributed by atoms with Crippen molar-refractivity contribution in [2.45, 2.75) is 57.7 Å². The molecule has 0 aromatic carbocycles. The summed E-state index contributed by atoms with van der Waals surface area (Å²) in [6.07, 6.45) is -0.930. The van der Waals surface area contributed by atoms with Gasteiger partial charge in [-0.15, -0.1) is 0 Å². The van der Waals surface area contributed by atoms with Gasteiger partial charge in [-0.3, -0.25) is 4.79 Å². The molecule has 3 nitrogen and oxygen atoms in total. The zero-order valence-electron chi connectivity index (χ0n) is 11.9. The van der Waals surface area contributed by atoms with Crippen LogP contribution in [0.1, 0.15) is 45.4 Å². The first kappa shape index (κ1) is 15.6. The summed E-state index contributed by atoms with van der Waals surface area (Å²) in [5, 5.41) is 5.85. The fourth-order valence-electron chi connectivity index (χ4n) is 3.42. The van der Waals surface area contributed by atoms with Gasteiger partial charge >= 0.3 is 6.18 Å². The Hall–Kier alpha value is -0.780. The number of alkyl halides is 3. The smallest absolute Gasteiger partial charge is 0.352 e. The maximum Gasteiger partial charge on any atom is 0.393 e. The van der Waals surface area contributed by atoms with Gasteiger partial charge in [-0.05, 0) is 32.2 Å². The summed E-state index contributed by atoms with van der Waals surface area (Å²) < 4.78 is 39.1. The van der Waals surface area contributed by atoms with Gasteiger partial charge in [0.1, 0.15) is 0 Å². The molecule has 1 amide bonds. The van der Waals surface area contributed by atoms with Gasteiger partial charge in [-0.1, -0.05) is 19.8 Å². The van der Waals surface area contributed by atoms with Gasteiger partial charge in [0.05, 0.1) is 11.3 Å². The highest BCUT2D eigenvalue weighted by Gasteiger charge is 2.48. The molecular formula is C14H23F3N2O. The van der Waals surface area contributed by atoms with E-state index in [1.165, 1.54) is 0 Å². The van der Waals surface area contributed by atoms with Gasteiger partial charge in [0.2, 0.25) is 5.91 Å². The molecule has 3 atom stereocenters. The molecule has 0 radical (unpaired) electrons. The van der Waals surface area contributed by atoms with E-state index in [1.807, 2.05) is 6.92 Å². The monoisotopic (exact) mass is 292 g/mol. The summed E-state index contributed by atoms with van der Waals surface area (Å²) >= 11 is 0. The summed E-state index contributed by atoms with van der Waals surface area (Å²) in [5.41, 5.74) is -0.520. The molecule has 1 aliphatic carbocycles. The molecular weight excluding hydrogens is 269 g/mol. The number of amides is 1. The van der Waals surface area contributed by atoms with Gasteiger partial charge in [-0.25, -0.2) is 0 Å². The molecule has 0 aromatic heterocycles. The molecule has 6 heteroatoms. The zero-order valence-corrected chi connectivity index (χ0v) is 11.9. The largest absolute Gasteiger partial charge is 0.393 e. The van der Waals surface area contributed by atoms with Crippen LogP contribution in [0.15, 0.2) is 0 Å². The predicted molar refractivity (Wildman–Crippen MR) is 70.2 cm³/mol. The third kappa shape index (κ3) is 3.10. The SMILES string of the molecule is CCC1(C(=O)NC2CCCCC2C(F)(F)F)CCNC1. The highest BCUT2D eigenvalue weighted by atomic mass is 19.4. The quantitative estimate of drug-likeness (QED) is 0.839. The number of nitrogens with one attached hydrogen (secondary N) is 2. The van der Waals surface area contributed by atoms with Crippen molar-refractivity contribution in [2.75, 3.05) is 13.1 Å². The van der Waals surface area contributed by atoms with Crippen molar-refractivity contribution >= 4 is 5.91 Å². The number of halogens is 3. The number of hydrogen-bond donors (Lipinski definition) is 2. The van der Waals surface area contributed by atoms with Gasteiger partial charge < -0.3 is 10.6 Å². The van der Waals surface area contributed by atoms with E-state index in [-0.39, 0.29) is 12.3 Å². The molecule has 0 spiro atoms. The zero-order chi connectivity index (χ0) is 14.8. The van der Waals surface area contributed by atoms with Gasteiger partial charge in [0, 0.05) is 12.6 Å². The Labute approximate surface area is 117 Å². The fourth-order valence-corrected chi connectivity index (χ4v) is 3.42. The summed E-state index contributed by atoms with van der Waals surface area (Å²) in [4.78, 5) is 12.4. The van der Waals surface area contributed by atoms with Gasteiger partial charge in [0.15, 0.2) is 0 Å².